The number of nitro groups is 1. The highest BCUT2D eigenvalue weighted by molar-refractivity contribution is 9.10. The lowest BCUT2D eigenvalue weighted by Crippen LogP contribution is -2.00. The van der Waals surface area contributed by atoms with Crippen molar-refractivity contribution < 1.29 is 4.92 Å². The highest BCUT2D eigenvalue weighted by Gasteiger charge is 2.11. The molecule has 0 atom stereocenters. The Morgan fingerprint density at radius 2 is 2.30 bits per heavy atom. The number of nitrogens with one attached hydrogen (secondary N) is 1. The fourth-order valence-corrected chi connectivity index (χ4v) is 2.34. The first kappa shape index (κ1) is 14.5. The molecule has 1 N–H and O–H groups in total. The predicted molar refractivity (Wildman–Crippen MR) is 80.6 cm³/mol. The van der Waals surface area contributed by atoms with E-state index in [0.29, 0.717) is 11.0 Å². The Morgan fingerprint density at radius 3 is 2.95 bits per heavy atom. The zero-order valence-electron chi connectivity index (χ0n) is 11.0. The molecule has 2 rings (SSSR count). The van der Waals surface area contributed by atoms with Gasteiger partial charge in [-0.2, -0.15) is 5.10 Å². The van der Waals surface area contributed by atoms with Crippen LogP contribution in [0.1, 0.15) is 18.9 Å². The maximum absolute atomic E-state index is 10.7. The first-order valence-electron chi connectivity index (χ1n) is 6.29. The number of aryl methyl sites for hydroxylation is 1. The van der Waals surface area contributed by atoms with Crippen LogP contribution in [0.15, 0.2) is 35.1 Å². The molecule has 0 aliphatic heterocycles. The van der Waals surface area contributed by atoms with Crippen LogP contribution in [0.4, 0.5) is 11.4 Å². The number of hydrogen-bond donors (Lipinski definition) is 1. The van der Waals surface area contributed by atoms with Crippen LogP contribution < -0.4 is 5.32 Å². The molecule has 0 aliphatic carbocycles. The average molecular weight is 339 g/mol. The van der Waals surface area contributed by atoms with Gasteiger partial charge in [0, 0.05) is 36.6 Å². The second-order valence-corrected chi connectivity index (χ2v) is 5.24. The van der Waals surface area contributed by atoms with Gasteiger partial charge in [0.05, 0.1) is 15.6 Å². The molecule has 0 radical (unpaired) electrons. The molecule has 2 aromatic rings. The highest BCUT2D eigenvalue weighted by atomic mass is 79.9. The van der Waals surface area contributed by atoms with Crippen LogP contribution in [0.2, 0.25) is 0 Å². The Balaban J connectivity index is 1.99. The van der Waals surface area contributed by atoms with Gasteiger partial charge in [0.1, 0.15) is 0 Å². The Morgan fingerprint density at radius 1 is 1.50 bits per heavy atom. The molecule has 0 bridgehead atoms. The van der Waals surface area contributed by atoms with E-state index >= 15 is 0 Å². The molecule has 0 amide bonds. The fourth-order valence-electron chi connectivity index (χ4n) is 1.82. The van der Waals surface area contributed by atoms with E-state index in [9.17, 15) is 10.1 Å². The summed E-state index contributed by atoms with van der Waals surface area (Å²) in [5.74, 6) is 0. The summed E-state index contributed by atoms with van der Waals surface area (Å²) in [6.07, 6.45) is 4.86. The molecule has 0 saturated carbocycles. The van der Waals surface area contributed by atoms with Crippen molar-refractivity contribution in [3.63, 3.8) is 0 Å². The minimum Gasteiger partial charge on any atom is -0.381 e. The molecule has 1 aromatic heterocycles. The van der Waals surface area contributed by atoms with Crippen LogP contribution in [-0.4, -0.2) is 14.7 Å². The predicted octanol–water partition coefficient (Wildman–Crippen LogP) is 3.58. The lowest BCUT2D eigenvalue weighted by molar-refractivity contribution is -0.385. The van der Waals surface area contributed by atoms with Gasteiger partial charge in [0.15, 0.2) is 0 Å². The minimum absolute atomic E-state index is 0.0614. The Hall–Kier alpha value is -1.89. The molecule has 106 valence electrons. The van der Waals surface area contributed by atoms with E-state index in [-0.39, 0.29) is 5.69 Å². The average Bonchev–Trinajstić information content (AvgIpc) is 2.84. The third-order valence-electron chi connectivity index (χ3n) is 2.78. The Bertz CT molecular complexity index is 612. The van der Waals surface area contributed by atoms with Crippen molar-refractivity contribution >= 4 is 27.3 Å². The van der Waals surface area contributed by atoms with Gasteiger partial charge < -0.3 is 5.32 Å². The number of hydrogen-bond acceptors (Lipinski definition) is 4. The summed E-state index contributed by atoms with van der Waals surface area (Å²) < 4.78 is 2.37. The summed E-state index contributed by atoms with van der Waals surface area (Å²) in [4.78, 5) is 10.3. The summed E-state index contributed by atoms with van der Waals surface area (Å²) in [5.41, 5.74) is 1.96. The first-order valence-corrected chi connectivity index (χ1v) is 7.08. The van der Waals surface area contributed by atoms with Gasteiger partial charge in [0.2, 0.25) is 0 Å². The lowest BCUT2D eigenvalue weighted by atomic mass is 10.2. The Labute approximate surface area is 125 Å². The molecular formula is C13H15BrN4O2. The second kappa shape index (κ2) is 6.51. The molecule has 0 aliphatic rings. The second-order valence-electron chi connectivity index (χ2n) is 4.39. The maximum atomic E-state index is 10.7. The third-order valence-corrected chi connectivity index (χ3v) is 3.42. The molecule has 1 aromatic carbocycles. The van der Waals surface area contributed by atoms with Gasteiger partial charge in [-0.15, -0.1) is 0 Å². The summed E-state index contributed by atoms with van der Waals surface area (Å²) in [5, 5.41) is 18.2. The topological polar surface area (TPSA) is 73.0 Å². The van der Waals surface area contributed by atoms with E-state index < -0.39 is 4.92 Å². The summed E-state index contributed by atoms with van der Waals surface area (Å²) in [7, 11) is 0. The van der Waals surface area contributed by atoms with Crippen LogP contribution in [0.3, 0.4) is 0 Å². The lowest BCUT2D eigenvalue weighted by Gasteiger charge is -2.05. The summed E-state index contributed by atoms with van der Waals surface area (Å²) in [6.45, 7) is 3.64. The van der Waals surface area contributed by atoms with Gasteiger partial charge in [0.25, 0.3) is 5.69 Å². The van der Waals surface area contributed by atoms with E-state index in [1.807, 2.05) is 17.1 Å². The normalized spacial score (nSPS) is 10.5. The van der Waals surface area contributed by atoms with E-state index in [0.717, 1.165) is 24.2 Å². The van der Waals surface area contributed by atoms with Crippen LogP contribution in [-0.2, 0) is 13.1 Å². The van der Waals surface area contributed by atoms with E-state index in [1.54, 1.807) is 12.1 Å². The maximum Gasteiger partial charge on any atom is 0.283 e. The number of nitro benzene ring substituents is 1. The van der Waals surface area contributed by atoms with Gasteiger partial charge in [-0.05, 0) is 34.5 Å². The Kier molecular flexibility index (Phi) is 4.73. The van der Waals surface area contributed by atoms with Gasteiger partial charge in [-0.25, -0.2) is 0 Å². The number of rotatable bonds is 6. The van der Waals surface area contributed by atoms with Crippen molar-refractivity contribution in [1.29, 1.82) is 0 Å². The first-order chi connectivity index (χ1) is 9.60. The number of benzene rings is 1. The number of nitrogens with zero attached hydrogens (tertiary/aromatic N) is 3. The summed E-state index contributed by atoms with van der Waals surface area (Å²) >= 11 is 3.20. The quantitative estimate of drug-likeness (QED) is 0.645. The van der Waals surface area contributed by atoms with E-state index in [2.05, 4.69) is 33.3 Å². The molecule has 0 unspecified atom stereocenters. The van der Waals surface area contributed by atoms with E-state index in [4.69, 9.17) is 0 Å². The highest BCUT2D eigenvalue weighted by Crippen LogP contribution is 2.27. The third kappa shape index (κ3) is 3.57. The number of aromatic nitrogens is 2. The van der Waals surface area contributed by atoms with Crippen molar-refractivity contribution in [2.45, 2.75) is 26.4 Å². The van der Waals surface area contributed by atoms with Gasteiger partial charge in [-0.3, -0.25) is 14.8 Å². The SMILES string of the molecule is CCCn1cc(CNc2ccc([N+](=O)[O-])c(Br)c2)cn1. The van der Waals surface area contributed by atoms with Gasteiger partial charge >= 0.3 is 0 Å². The largest absolute Gasteiger partial charge is 0.381 e. The molecule has 0 fully saturated rings. The van der Waals surface area contributed by atoms with Crippen molar-refractivity contribution in [3.8, 4) is 0 Å². The van der Waals surface area contributed by atoms with Crippen LogP contribution >= 0.6 is 15.9 Å². The fraction of sp³-hybridized carbons (Fsp3) is 0.308. The molecule has 0 spiro atoms. The molecule has 1 heterocycles. The standard InChI is InChI=1S/C13H15BrN4O2/c1-2-5-17-9-10(8-16-17)7-15-11-3-4-13(18(19)20)12(14)6-11/h3-4,6,8-9,15H,2,5,7H2,1H3. The molecular weight excluding hydrogens is 324 g/mol. The van der Waals surface area contributed by atoms with Crippen molar-refractivity contribution in [2.75, 3.05) is 5.32 Å². The zero-order chi connectivity index (χ0) is 14.5. The summed E-state index contributed by atoms with van der Waals surface area (Å²) in [6, 6.07) is 4.88. The van der Waals surface area contributed by atoms with Crippen LogP contribution in [0.5, 0.6) is 0 Å². The number of anilines is 1. The molecule has 7 heteroatoms. The van der Waals surface area contributed by atoms with Crippen LogP contribution in [0.25, 0.3) is 0 Å². The van der Waals surface area contributed by atoms with Gasteiger partial charge in [-0.1, -0.05) is 6.92 Å². The minimum atomic E-state index is -0.414. The van der Waals surface area contributed by atoms with Crippen molar-refractivity contribution in [3.05, 3.63) is 50.7 Å². The molecule has 20 heavy (non-hydrogen) atoms. The van der Waals surface area contributed by atoms with E-state index in [1.165, 1.54) is 6.07 Å². The zero-order valence-corrected chi connectivity index (χ0v) is 12.6. The van der Waals surface area contributed by atoms with Crippen molar-refractivity contribution in [2.24, 2.45) is 0 Å². The monoisotopic (exact) mass is 338 g/mol. The number of halogens is 1. The molecule has 0 saturated heterocycles. The molecule has 6 nitrogen and oxygen atoms in total. The van der Waals surface area contributed by atoms with Crippen molar-refractivity contribution in [1.82, 2.24) is 9.78 Å². The van der Waals surface area contributed by atoms with Crippen LogP contribution in [0, 0.1) is 10.1 Å². The smallest absolute Gasteiger partial charge is 0.283 e.